The third-order valence-corrected chi connectivity index (χ3v) is 0.957. The van der Waals surface area contributed by atoms with Crippen molar-refractivity contribution in [1.29, 1.82) is 0 Å². The highest BCUT2D eigenvalue weighted by Crippen LogP contribution is 1.90. The van der Waals surface area contributed by atoms with Crippen LogP contribution in [0.25, 0.3) is 0 Å². The minimum atomic E-state index is 1.25. The Bertz CT molecular complexity index is 27.2. The van der Waals surface area contributed by atoms with Gasteiger partial charge in [-0.05, 0) is 40.0 Å². The van der Waals surface area contributed by atoms with Crippen LogP contribution in [0, 0.1) is 0 Å². The van der Waals surface area contributed by atoms with Gasteiger partial charge in [-0.25, -0.2) is 0 Å². The van der Waals surface area contributed by atoms with Crippen molar-refractivity contribution in [1.82, 2.24) is 10.6 Å². The Balaban J connectivity index is -0.000000102. The van der Waals surface area contributed by atoms with Crippen LogP contribution in [-0.2, 0) is 0 Å². The lowest BCUT2D eigenvalue weighted by Crippen LogP contribution is -2.03. The normalized spacial score (nSPS) is 12.5. The zero-order valence-electron chi connectivity index (χ0n) is 9.83. The second kappa shape index (κ2) is 30.7. The molecule has 0 unspecified atom stereocenters. The Hall–Kier alpha value is -0.0800. The fourth-order valence-corrected chi connectivity index (χ4v) is 0.625. The Morgan fingerprint density at radius 2 is 1.08 bits per heavy atom. The number of nitrogens with one attached hydrogen (secondary N) is 2. The van der Waals surface area contributed by atoms with Crippen LogP contribution in [0.2, 0.25) is 0 Å². The van der Waals surface area contributed by atoms with Crippen LogP contribution in [-0.4, -0.2) is 27.2 Å². The molecule has 0 spiro atoms. The molecule has 1 heterocycles. The first-order valence-corrected chi connectivity index (χ1v) is 5.21. The summed E-state index contributed by atoms with van der Waals surface area (Å²) in [4.78, 5) is 0. The molecule has 0 saturated carbocycles. The average Bonchev–Trinajstić information content (AvgIpc) is 2.69. The highest BCUT2D eigenvalue weighted by molar-refractivity contribution is 4.55. The summed E-state index contributed by atoms with van der Waals surface area (Å²) >= 11 is 0. The van der Waals surface area contributed by atoms with E-state index < -0.39 is 0 Å². The van der Waals surface area contributed by atoms with Gasteiger partial charge in [0.05, 0.1) is 0 Å². The second-order valence-corrected chi connectivity index (χ2v) is 1.96. The van der Waals surface area contributed by atoms with Crippen LogP contribution < -0.4 is 10.6 Å². The van der Waals surface area contributed by atoms with E-state index in [0.29, 0.717) is 0 Å². The van der Waals surface area contributed by atoms with Crippen molar-refractivity contribution in [3.63, 3.8) is 0 Å². The van der Waals surface area contributed by atoms with E-state index in [0.717, 1.165) is 0 Å². The molecule has 2 nitrogen and oxygen atoms in total. The van der Waals surface area contributed by atoms with Crippen molar-refractivity contribution in [3.05, 3.63) is 0 Å². The molecule has 2 N–H and O–H groups in total. The third-order valence-electron chi connectivity index (χ3n) is 0.957. The van der Waals surface area contributed by atoms with Gasteiger partial charge in [0.25, 0.3) is 0 Å². The van der Waals surface area contributed by atoms with Crippen molar-refractivity contribution in [2.75, 3.05) is 27.2 Å². The maximum Gasteiger partial charge on any atom is -0.00484 e. The van der Waals surface area contributed by atoms with Gasteiger partial charge in [0.1, 0.15) is 0 Å². The molecule has 0 aromatic rings. The van der Waals surface area contributed by atoms with E-state index in [1.54, 1.807) is 0 Å². The molecule has 0 aromatic heterocycles. The molecule has 1 aliphatic heterocycles. The average molecular weight is 176 g/mol. The second-order valence-electron chi connectivity index (χ2n) is 1.96. The topological polar surface area (TPSA) is 24.1 Å². The Morgan fingerprint density at radius 3 is 1.17 bits per heavy atom. The summed E-state index contributed by atoms with van der Waals surface area (Å²) in [6.07, 6.45) is 2.78. The van der Waals surface area contributed by atoms with Gasteiger partial charge in [-0.15, -0.1) is 0 Å². The van der Waals surface area contributed by atoms with Crippen molar-refractivity contribution in [2.24, 2.45) is 0 Å². The van der Waals surface area contributed by atoms with E-state index >= 15 is 0 Å². The van der Waals surface area contributed by atoms with Crippen molar-refractivity contribution < 1.29 is 0 Å². The van der Waals surface area contributed by atoms with Gasteiger partial charge in [-0.3, -0.25) is 0 Å². The minimum Gasteiger partial charge on any atom is -0.323 e. The van der Waals surface area contributed by atoms with Gasteiger partial charge in [0.2, 0.25) is 0 Å². The summed E-state index contributed by atoms with van der Waals surface area (Å²) in [5.74, 6) is 0. The van der Waals surface area contributed by atoms with Gasteiger partial charge in [-0.2, -0.15) is 0 Å². The zero-order chi connectivity index (χ0) is 10.2. The van der Waals surface area contributed by atoms with Crippen molar-refractivity contribution in [3.8, 4) is 0 Å². The quantitative estimate of drug-likeness (QED) is 0.591. The van der Waals surface area contributed by atoms with Gasteiger partial charge in [0.15, 0.2) is 0 Å². The molecular weight excluding hydrogens is 148 g/mol. The molecule has 12 heavy (non-hydrogen) atoms. The van der Waals surface area contributed by atoms with E-state index in [9.17, 15) is 0 Å². The molecule has 78 valence electrons. The first kappa shape index (κ1) is 17.9. The molecule has 2 heteroatoms. The summed E-state index contributed by atoms with van der Waals surface area (Å²) < 4.78 is 0. The van der Waals surface area contributed by atoms with Crippen LogP contribution in [0.1, 0.15) is 40.5 Å². The monoisotopic (exact) mass is 176 g/mol. The first-order valence-electron chi connectivity index (χ1n) is 5.21. The van der Waals surface area contributed by atoms with Gasteiger partial charge >= 0.3 is 0 Å². The zero-order valence-corrected chi connectivity index (χ0v) is 9.83. The van der Waals surface area contributed by atoms with Crippen LogP contribution in [0.5, 0.6) is 0 Å². The summed E-state index contributed by atoms with van der Waals surface area (Å²) in [7, 11) is 3.75. The highest BCUT2D eigenvalue weighted by atomic mass is 14.9. The molecule has 0 atom stereocenters. The molecule has 0 bridgehead atoms. The molecule has 0 aliphatic carbocycles. The van der Waals surface area contributed by atoms with Crippen LogP contribution in [0.4, 0.5) is 0 Å². The van der Waals surface area contributed by atoms with Crippen LogP contribution in [0.15, 0.2) is 0 Å². The standard InChI is InChI=1S/C4H9N.C2H7N.2C2H6/c1-2-4-5-3-1;1-3-2;2*1-2/h5H,1-4H2;3H,1-2H3;2*1-2H3. The maximum absolute atomic E-state index is 3.22. The van der Waals surface area contributed by atoms with Crippen molar-refractivity contribution in [2.45, 2.75) is 40.5 Å². The molecule has 1 rings (SSSR count). The van der Waals surface area contributed by atoms with Gasteiger partial charge in [-0.1, -0.05) is 27.7 Å². The molecule has 0 radical (unpaired) electrons. The lowest BCUT2D eigenvalue weighted by molar-refractivity contribution is 0.857. The fourth-order valence-electron chi connectivity index (χ4n) is 0.625. The Labute approximate surface area is 79.1 Å². The maximum atomic E-state index is 3.22. The molecule has 1 fully saturated rings. The highest BCUT2D eigenvalue weighted by Gasteiger charge is 1.93. The Morgan fingerprint density at radius 1 is 0.833 bits per heavy atom. The minimum absolute atomic E-state index is 1.25. The van der Waals surface area contributed by atoms with Gasteiger partial charge in [0, 0.05) is 0 Å². The van der Waals surface area contributed by atoms with Crippen molar-refractivity contribution >= 4 is 0 Å². The summed E-state index contributed by atoms with van der Waals surface area (Å²) in [6.45, 7) is 10.5. The lowest BCUT2D eigenvalue weighted by atomic mass is 10.4. The third kappa shape index (κ3) is 32.6. The molecular formula is C10H28N2. The Kier molecular flexibility index (Phi) is 45.6. The van der Waals surface area contributed by atoms with Crippen LogP contribution >= 0.6 is 0 Å². The van der Waals surface area contributed by atoms with E-state index in [1.807, 2.05) is 41.8 Å². The van der Waals surface area contributed by atoms with E-state index in [-0.39, 0.29) is 0 Å². The smallest absolute Gasteiger partial charge is 0.00484 e. The predicted octanol–water partition coefficient (Wildman–Crippen LogP) is 2.26. The van der Waals surface area contributed by atoms with E-state index in [1.165, 1.54) is 25.9 Å². The SMILES string of the molecule is C1CCNC1.CC.CC.CNC. The summed E-state index contributed by atoms with van der Waals surface area (Å²) in [6, 6.07) is 0. The van der Waals surface area contributed by atoms with Gasteiger partial charge < -0.3 is 10.6 Å². The fraction of sp³-hybridized carbons (Fsp3) is 1.00. The van der Waals surface area contributed by atoms with E-state index in [2.05, 4.69) is 10.6 Å². The molecule has 1 aliphatic rings. The lowest BCUT2D eigenvalue weighted by Gasteiger charge is -1.76. The summed E-state index contributed by atoms with van der Waals surface area (Å²) in [5, 5.41) is 5.97. The predicted molar refractivity (Wildman–Crippen MR) is 59.8 cm³/mol. The number of hydrogen-bond donors (Lipinski definition) is 2. The van der Waals surface area contributed by atoms with Crippen LogP contribution in [0.3, 0.4) is 0 Å². The molecule has 0 aromatic carbocycles. The summed E-state index contributed by atoms with van der Waals surface area (Å²) in [5.41, 5.74) is 0. The largest absolute Gasteiger partial charge is 0.323 e. The molecule has 0 amide bonds. The number of rotatable bonds is 0. The number of hydrogen-bond acceptors (Lipinski definition) is 2. The molecule has 1 saturated heterocycles. The van der Waals surface area contributed by atoms with E-state index in [4.69, 9.17) is 0 Å². The first-order chi connectivity index (χ1) is 5.91.